The number of hydrogen-bond donors (Lipinski definition) is 2. The second-order valence-electron chi connectivity index (χ2n) is 6.23. The summed E-state index contributed by atoms with van der Waals surface area (Å²) in [6, 6.07) is 0. The molecule has 120 valence electrons. The quantitative estimate of drug-likeness (QED) is 0.740. The molecule has 5 heteroatoms. The molecule has 1 heterocycles. The van der Waals surface area contributed by atoms with Gasteiger partial charge in [-0.15, -0.1) is 0 Å². The number of carbonyl (C=O) groups is 1. The van der Waals surface area contributed by atoms with E-state index in [-0.39, 0.29) is 24.4 Å². The molecule has 0 bridgehead atoms. The third-order valence-corrected chi connectivity index (χ3v) is 4.79. The number of carboxylic acid groups (broad SMARTS) is 1. The predicted molar refractivity (Wildman–Crippen MR) is 76.7 cm³/mol. The lowest BCUT2D eigenvalue weighted by molar-refractivity contribution is -0.137. The van der Waals surface area contributed by atoms with Crippen molar-refractivity contribution in [3.63, 3.8) is 0 Å². The van der Waals surface area contributed by atoms with Crippen molar-refractivity contribution < 1.29 is 24.1 Å². The summed E-state index contributed by atoms with van der Waals surface area (Å²) in [4.78, 5) is 10.6. The van der Waals surface area contributed by atoms with Gasteiger partial charge in [0.2, 0.25) is 0 Å². The van der Waals surface area contributed by atoms with Gasteiger partial charge in [-0.1, -0.05) is 12.2 Å². The van der Waals surface area contributed by atoms with Crippen molar-refractivity contribution in [3.8, 4) is 0 Å². The number of fused-ring (bicyclic) bond motifs is 1. The van der Waals surface area contributed by atoms with Crippen LogP contribution in [-0.4, -0.2) is 41.7 Å². The van der Waals surface area contributed by atoms with Gasteiger partial charge < -0.3 is 14.9 Å². The lowest BCUT2D eigenvalue weighted by atomic mass is 9.86. The van der Waals surface area contributed by atoms with Gasteiger partial charge in [-0.3, -0.25) is 4.79 Å². The summed E-state index contributed by atoms with van der Waals surface area (Å²) in [6.45, 7) is 0.145. The number of carboxylic acids is 1. The number of aliphatic carboxylic acids is 1. The normalized spacial score (nSPS) is 36.6. The number of hydrogen-bond acceptors (Lipinski definition) is 3. The average molecular weight is 300 g/mol. The second-order valence-corrected chi connectivity index (χ2v) is 6.23. The summed E-state index contributed by atoms with van der Waals surface area (Å²) >= 11 is 0. The molecule has 21 heavy (non-hydrogen) atoms. The van der Waals surface area contributed by atoms with Crippen LogP contribution >= 0.6 is 0 Å². The molecule has 0 aromatic carbocycles. The van der Waals surface area contributed by atoms with E-state index in [9.17, 15) is 14.3 Å². The molecule has 2 aliphatic rings. The summed E-state index contributed by atoms with van der Waals surface area (Å²) in [5.41, 5.74) is 0. The lowest BCUT2D eigenvalue weighted by Crippen LogP contribution is -2.20. The zero-order valence-corrected chi connectivity index (χ0v) is 12.3. The van der Waals surface area contributed by atoms with Crippen molar-refractivity contribution in [2.45, 2.75) is 50.7 Å². The van der Waals surface area contributed by atoms with E-state index >= 15 is 0 Å². The third kappa shape index (κ3) is 4.51. The Morgan fingerprint density at radius 2 is 2.19 bits per heavy atom. The number of aliphatic hydroxyl groups excluding tert-OH is 1. The average Bonchev–Trinajstić information content (AvgIpc) is 2.61. The van der Waals surface area contributed by atoms with Gasteiger partial charge in [0.15, 0.2) is 0 Å². The van der Waals surface area contributed by atoms with Crippen LogP contribution in [0.1, 0.15) is 38.5 Å². The van der Waals surface area contributed by atoms with Crippen molar-refractivity contribution in [1.29, 1.82) is 0 Å². The molecule has 1 saturated heterocycles. The van der Waals surface area contributed by atoms with E-state index in [0.29, 0.717) is 25.4 Å². The Morgan fingerprint density at radius 1 is 1.38 bits per heavy atom. The van der Waals surface area contributed by atoms with Gasteiger partial charge in [-0.25, -0.2) is 4.39 Å². The fraction of sp³-hybridized carbons (Fsp3) is 0.812. The Hall–Kier alpha value is -0.940. The molecular formula is C16H25FO4. The Balaban J connectivity index is 1.86. The van der Waals surface area contributed by atoms with Crippen molar-refractivity contribution in [1.82, 2.24) is 0 Å². The van der Waals surface area contributed by atoms with E-state index in [2.05, 4.69) is 0 Å². The SMILES string of the molecule is O=C(O)CCC[C@H]1CC[C@@H]2[C@@H](/C=C/CF)[C@H](O)C[C@@H]2OC1. The van der Waals surface area contributed by atoms with Crippen molar-refractivity contribution in [2.75, 3.05) is 13.3 Å². The first-order valence-electron chi connectivity index (χ1n) is 7.86. The van der Waals surface area contributed by atoms with Gasteiger partial charge in [0, 0.05) is 25.4 Å². The topological polar surface area (TPSA) is 66.8 Å². The highest BCUT2D eigenvalue weighted by Crippen LogP contribution is 2.41. The van der Waals surface area contributed by atoms with Gasteiger partial charge in [0.05, 0.1) is 12.2 Å². The molecule has 5 atom stereocenters. The van der Waals surface area contributed by atoms with Crippen LogP contribution < -0.4 is 0 Å². The first-order chi connectivity index (χ1) is 10.1. The number of ether oxygens (including phenoxy) is 1. The number of allylic oxidation sites excluding steroid dienone is 1. The molecule has 1 aliphatic heterocycles. The number of rotatable bonds is 6. The van der Waals surface area contributed by atoms with Gasteiger partial charge in [-0.05, 0) is 37.5 Å². The molecule has 0 spiro atoms. The van der Waals surface area contributed by atoms with E-state index in [1.165, 1.54) is 6.08 Å². The molecule has 2 fully saturated rings. The molecule has 0 aromatic heterocycles. The number of aliphatic hydroxyl groups is 1. The lowest BCUT2D eigenvalue weighted by Gasteiger charge is -2.20. The first kappa shape index (κ1) is 16.4. The first-order valence-corrected chi connectivity index (χ1v) is 7.86. The van der Waals surface area contributed by atoms with Crippen LogP contribution in [0.25, 0.3) is 0 Å². The van der Waals surface area contributed by atoms with Gasteiger partial charge >= 0.3 is 5.97 Å². The van der Waals surface area contributed by atoms with Crippen molar-refractivity contribution >= 4 is 5.97 Å². The highest BCUT2D eigenvalue weighted by atomic mass is 19.1. The minimum Gasteiger partial charge on any atom is -0.481 e. The molecule has 0 radical (unpaired) electrons. The van der Waals surface area contributed by atoms with Crippen molar-refractivity contribution in [2.24, 2.45) is 17.8 Å². The van der Waals surface area contributed by atoms with E-state index in [1.54, 1.807) is 6.08 Å². The van der Waals surface area contributed by atoms with Gasteiger partial charge in [-0.2, -0.15) is 0 Å². The monoisotopic (exact) mass is 300 g/mol. The molecule has 1 aliphatic carbocycles. The summed E-state index contributed by atoms with van der Waals surface area (Å²) in [5.74, 6) is -0.102. The van der Waals surface area contributed by atoms with Crippen LogP contribution in [0.15, 0.2) is 12.2 Å². The minimum absolute atomic E-state index is 0.0106. The fourth-order valence-corrected chi connectivity index (χ4v) is 3.69. The minimum atomic E-state index is -0.749. The summed E-state index contributed by atoms with van der Waals surface area (Å²) in [5, 5.41) is 18.8. The third-order valence-electron chi connectivity index (χ3n) is 4.79. The zero-order valence-electron chi connectivity index (χ0n) is 12.3. The summed E-state index contributed by atoms with van der Waals surface area (Å²) < 4.78 is 18.2. The maximum Gasteiger partial charge on any atom is 0.303 e. The smallest absolute Gasteiger partial charge is 0.303 e. The summed E-state index contributed by atoms with van der Waals surface area (Å²) in [7, 11) is 0. The Kier molecular flexibility index (Phi) is 6.18. The van der Waals surface area contributed by atoms with Crippen LogP contribution in [0.4, 0.5) is 4.39 Å². The molecule has 0 unspecified atom stereocenters. The van der Waals surface area contributed by atoms with E-state index < -0.39 is 18.7 Å². The molecule has 4 nitrogen and oxygen atoms in total. The largest absolute Gasteiger partial charge is 0.481 e. The van der Waals surface area contributed by atoms with E-state index in [0.717, 1.165) is 19.3 Å². The predicted octanol–water partition coefficient (Wildman–Crippen LogP) is 2.56. The van der Waals surface area contributed by atoms with E-state index in [4.69, 9.17) is 9.84 Å². The molecule has 0 amide bonds. The number of alkyl halides is 1. The maximum atomic E-state index is 12.3. The van der Waals surface area contributed by atoms with E-state index in [1.807, 2.05) is 0 Å². The summed E-state index contributed by atoms with van der Waals surface area (Å²) in [6.07, 6.45) is 7.23. The zero-order chi connectivity index (χ0) is 15.2. The Labute approximate surface area is 125 Å². The Bertz CT molecular complexity index is 371. The highest BCUT2D eigenvalue weighted by molar-refractivity contribution is 5.66. The van der Waals surface area contributed by atoms with Crippen LogP contribution in [0.5, 0.6) is 0 Å². The highest BCUT2D eigenvalue weighted by Gasteiger charge is 2.43. The van der Waals surface area contributed by atoms with Crippen LogP contribution in [0.3, 0.4) is 0 Å². The molecule has 1 saturated carbocycles. The molecule has 2 rings (SSSR count). The Morgan fingerprint density at radius 3 is 2.90 bits per heavy atom. The second kappa shape index (κ2) is 7.90. The van der Waals surface area contributed by atoms with Gasteiger partial charge in [0.25, 0.3) is 0 Å². The van der Waals surface area contributed by atoms with Crippen LogP contribution in [0, 0.1) is 17.8 Å². The van der Waals surface area contributed by atoms with Gasteiger partial charge in [0.1, 0.15) is 6.67 Å². The molecule has 2 N–H and O–H groups in total. The standard InChI is InChI=1S/C16H25FO4/c17-8-2-4-12-13-7-6-11(3-1-5-16(19)20)10-21-15(13)9-14(12)18/h2,4,11-15,18H,1,3,5-10H2,(H,19,20)/b4-2+/t11-,12+,13+,14+,15-/m0/s1. The molecular weight excluding hydrogens is 275 g/mol. The van der Waals surface area contributed by atoms with Crippen LogP contribution in [-0.2, 0) is 9.53 Å². The van der Waals surface area contributed by atoms with Crippen LogP contribution in [0.2, 0.25) is 0 Å². The molecule has 0 aromatic rings. The maximum absolute atomic E-state index is 12.3. The fourth-order valence-electron chi connectivity index (χ4n) is 3.69. The van der Waals surface area contributed by atoms with Crippen molar-refractivity contribution in [3.05, 3.63) is 12.2 Å². The number of halogens is 1.